The van der Waals surface area contributed by atoms with Gasteiger partial charge in [0.25, 0.3) is 5.91 Å². The molecule has 1 aliphatic heterocycles. The van der Waals surface area contributed by atoms with Crippen LogP contribution in [0.3, 0.4) is 0 Å². The normalized spacial score (nSPS) is 14.9. The molecule has 1 fully saturated rings. The Labute approximate surface area is 187 Å². The number of piperazine rings is 1. The molecule has 0 aromatic heterocycles. The third kappa shape index (κ3) is 6.48. The van der Waals surface area contributed by atoms with Crippen LogP contribution in [0.4, 0.5) is 10.1 Å². The van der Waals surface area contributed by atoms with Crippen LogP contribution in [0.15, 0.2) is 54.2 Å². The van der Waals surface area contributed by atoms with Crippen molar-refractivity contribution >= 4 is 17.8 Å². The first-order valence-corrected chi connectivity index (χ1v) is 10.3. The quantitative estimate of drug-likeness (QED) is 0.289. The fraction of sp³-hybridized carbons (Fsp3) is 0.292. The lowest BCUT2D eigenvalue weighted by Gasteiger charge is -2.34. The van der Waals surface area contributed by atoms with Gasteiger partial charge in [0.05, 0.1) is 19.3 Å². The Hall–Kier alpha value is -3.54. The summed E-state index contributed by atoms with van der Waals surface area (Å²) < 4.78 is 13.7. The summed E-state index contributed by atoms with van der Waals surface area (Å²) in [5.41, 5.74) is 4.84. The standard InChI is InChI=1S/C24H26FN5O2/c1-3-4-19-13-21(25)14-20(24(19)32)15-27-28-23(31)17-30-11-9-29(10-12-30)16-18-5-7-22(26-2)8-6-18/h3,5-8,13-15,32H,1,4,9-12,16-17H2,(H,28,31)/b27-15+. The molecule has 0 radical (unpaired) electrons. The molecule has 1 heterocycles. The van der Waals surface area contributed by atoms with Crippen LogP contribution < -0.4 is 5.43 Å². The van der Waals surface area contributed by atoms with Crippen molar-refractivity contribution in [2.24, 2.45) is 5.10 Å². The van der Waals surface area contributed by atoms with E-state index in [-0.39, 0.29) is 23.8 Å². The number of nitrogens with zero attached hydrogens (tertiary/aromatic N) is 4. The molecule has 2 aromatic rings. The summed E-state index contributed by atoms with van der Waals surface area (Å²) in [6, 6.07) is 10.0. The van der Waals surface area contributed by atoms with E-state index < -0.39 is 5.82 Å². The summed E-state index contributed by atoms with van der Waals surface area (Å²) in [6.07, 6.45) is 3.14. The maximum absolute atomic E-state index is 13.7. The van der Waals surface area contributed by atoms with E-state index in [9.17, 15) is 14.3 Å². The molecule has 1 saturated heterocycles. The van der Waals surface area contributed by atoms with Gasteiger partial charge in [0.2, 0.25) is 0 Å². The van der Waals surface area contributed by atoms with Gasteiger partial charge < -0.3 is 5.11 Å². The zero-order chi connectivity index (χ0) is 22.9. The average Bonchev–Trinajstić information content (AvgIpc) is 2.79. The second-order valence-corrected chi connectivity index (χ2v) is 7.62. The summed E-state index contributed by atoms with van der Waals surface area (Å²) in [5.74, 6) is -0.844. The van der Waals surface area contributed by atoms with Gasteiger partial charge in [-0.25, -0.2) is 14.7 Å². The van der Waals surface area contributed by atoms with E-state index in [2.05, 4.69) is 26.9 Å². The highest BCUT2D eigenvalue weighted by Crippen LogP contribution is 2.23. The van der Waals surface area contributed by atoms with Crippen molar-refractivity contribution in [1.82, 2.24) is 15.2 Å². The molecule has 2 aromatic carbocycles. The Morgan fingerprint density at radius 3 is 2.56 bits per heavy atom. The van der Waals surface area contributed by atoms with E-state index in [0.29, 0.717) is 17.7 Å². The predicted molar refractivity (Wildman–Crippen MR) is 122 cm³/mol. The van der Waals surface area contributed by atoms with E-state index in [1.807, 2.05) is 29.2 Å². The first-order chi connectivity index (χ1) is 15.5. The largest absolute Gasteiger partial charge is 0.507 e. The Kier molecular flexibility index (Phi) is 8.08. The lowest BCUT2D eigenvalue weighted by Crippen LogP contribution is -2.48. The van der Waals surface area contributed by atoms with Gasteiger partial charge in [-0.2, -0.15) is 5.10 Å². The van der Waals surface area contributed by atoms with Crippen LogP contribution >= 0.6 is 0 Å². The highest BCUT2D eigenvalue weighted by Gasteiger charge is 2.19. The number of rotatable bonds is 8. The molecule has 2 N–H and O–H groups in total. The number of halogens is 1. The van der Waals surface area contributed by atoms with E-state index >= 15 is 0 Å². The molecule has 0 saturated carbocycles. The number of allylic oxidation sites excluding steroid dienone is 1. The van der Waals surface area contributed by atoms with Crippen molar-refractivity contribution in [1.29, 1.82) is 0 Å². The summed E-state index contributed by atoms with van der Waals surface area (Å²) >= 11 is 0. The highest BCUT2D eigenvalue weighted by atomic mass is 19.1. The number of phenols is 1. The topological polar surface area (TPSA) is 72.5 Å². The SMILES string of the molecule is [C-]#[N+]c1ccc(CN2CCN(CC(=O)N/N=C/c3cc(F)cc(CC=C)c3O)CC2)cc1. The van der Waals surface area contributed by atoms with Crippen molar-refractivity contribution in [3.05, 3.63) is 83.0 Å². The van der Waals surface area contributed by atoms with Gasteiger partial charge in [0.1, 0.15) is 11.6 Å². The zero-order valence-corrected chi connectivity index (χ0v) is 17.8. The van der Waals surface area contributed by atoms with Crippen molar-refractivity contribution in [3.8, 4) is 5.75 Å². The first-order valence-electron chi connectivity index (χ1n) is 10.3. The van der Waals surface area contributed by atoms with Crippen LogP contribution in [0.2, 0.25) is 0 Å². The smallest absolute Gasteiger partial charge is 0.254 e. The number of hydrazone groups is 1. The van der Waals surface area contributed by atoms with Crippen molar-refractivity contribution in [3.63, 3.8) is 0 Å². The Morgan fingerprint density at radius 2 is 1.91 bits per heavy atom. The van der Waals surface area contributed by atoms with Crippen LogP contribution in [0, 0.1) is 12.4 Å². The van der Waals surface area contributed by atoms with Crippen LogP contribution in [0.5, 0.6) is 5.75 Å². The number of amides is 1. The molecule has 32 heavy (non-hydrogen) atoms. The summed E-state index contributed by atoms with van der Waals surface area (Å²) in [4.78, 5) is 20.0. The van der Waals surface area contributed by atoms with Gasteiger partial charge in [-0.05, 0) is 24.1 Å². The number of aromatic hydroxyl groups is 1. The Morgan fingerprint density at radius 1 is 1.22 bits per heavy atom. The maximum Gasteiger partial charge on any atom is 0.254 e. The highest BCUT2D eigenvalue weighted by molar-refractivity contribution is 5.86. The molecule has 0 unspecified atom stereocenters. The number of carbonyl (C=O) groups is 1. The number of phenolic OH excluding ortho intramolecular Hbond substituents is 1. The van der Waals surface area contributed by atoms with E-state index in [1.165, 1.54) is 12.3 Å². The monoisotopic (exact) mass is 435 g/mol. The van der Waals surface area contributed by atoms with Gasteiger partial charge in [0.15, 0.2) is 5.69 Å². The second-order valence-electron chi connectivity index (χ2n) is 7.62. The lowest BCUT2D eigenvalue weighted by molar-refractivity contribution is -0.122. The third-order valence-corrected chi connectivity index (χ3v) is 5.24. The van der Waals surface area contributed by atoms with Crippen LogP contribution in [-0.2, 0) is 17.8 Å². The molecular formula is C24H26FN5O2. The molecule has 1 amide bonds. The third-order valence-electron chi connectivity index (χ3n) is 5.24. The molecule has 7 nitrogen and oxygen atoms in total. The fourth-order valence-electron chi connectivity index (χ4n) is 3.54. The molecule has 0 bridgehead atoms. The number of hydrogen-bond donors (Lipinski definition) is 2. The average molecular weight is 436 g/mol. The lowest BCUT2D eigenvalue weighted by atomic mass is 10.1. The summed E-state index contributed by atoms with van der Waals surface area (Å²) in [7, 11) is 0. The van der Waals surface area contributed by atoms with Crippen molar-refractivity contribution in [2.45, 2.75) is 13.0 Å². The molecular weight excluding hydrogens is 409 g/mol. The van der Waals surface area contributed by atoms with Crippen LogP contribution in [0.25, 0.3) is 4.85 Å². The molecule has 8 heteroatoms. The molecule has 0 aliphatic carbocycles. The Balaban J connectivity index is 1.44. The number of carbonyl (C=O) groups excluding carboxylic acids is 1. The van der Waals surface area contributed by atoms with Crippen molar-refractivity contribution in [2.75, 3.05) is 32.7 Å². The zero-order valence-electron chi connectivity index (χ0n) is 17.8. The van der Waals surface area contributed by atoms with Gasteiger partial charge >= 0.3 is 0 Å². The van der Waals surface area contributed by atoms with E-state index in [0.717, 1.165) is 44.4 Å². The predicted octanol–water partition coefficient (Wildman–Crippen LogP) is 3.08. The summed E-state index contributed by atoms with van der Waals surface area (Å²) in [6.45, 7) is 14.8. The number of nitrogens with one attached hydrogen (secondary N) is 1. The van der Waals surface area contributed by atoms with Gasteiger partial charge in [0, 0.05) is 43.9 Å². The number of hydrogen-bond acceptors (Lipinski definition) is 5. The second kappa shape index (κ2) is 11.2. The van der Waals surface area contributed by atoms with Gasteiger partial charge in [-0.3, -0.25) is 14.6 Å². The molecule has 1 aliphatic rings. The molecule has 3 rings (SSSR count). The van der Waals surface area contributed by atoms with Gasteiger partial charge in [-0.1, -0.05) is 30.3 Å². The fourth-order valence-corrected chi connectivity index (χ4v) is 3.54. The van der Waals surface area contributed by atoms with E-state index in [1.54, 1.807) is 6.08 Å². The summed E-state index contributed by atoms with van der Waals surface area (Å²) in [5, 5.41) is 14.0. The number of benzene rings is 2. The maximum atomic E-state index is 13.7. The van der Waals surface area contributed by atoms with Crippen LogP contribution in [0.1, 0.15) is 16.7 Å². The molecule has 0 spiro atoms. The van der Waals surface area contributed by atoms with E-state index in [4.69, 9.17) is 6.57 Å². The Bertz CT molecular complexity index is 1020. The first kappa shape index (κ1) is 23.1. The minimum atomic E-state index is -0.493. The van der Waals surface area contributed by atoms with Crippen LogP contribution in [-0.4, -0.2) is 59.8 Å². The molecule has 0 atom stereocenters. The minimum absolute atomic E-state index is 0.0795. The van der Waals surface area contributed by atoms with Crippen molar-refractivity contribution < 1.29 is 14.3 Å². The molecule has 166 valence electrons. The minimum Gasteiger partial charge on any atom is -0.507 e. The van der Waals surface area contributed by atoms with Gasteiger partial charge in [-0.15, -0.1) is 6.58 Å².